The van der Waals surface area contributed by atoms with Gasteiger partial charge in [0.2, 0.25) is 11.6 Å². The summed E-state index contributed by atoms with van der Waals surface area (Å²) in [7, 11) is 0. The van der Waals surface area contributed by atoms with Crippen molar-refractivity contribution in [2.45, 2.75) is 74.9 Å². The molecule has 7 rings (SSSR count). The van der Waals surface area contributed by atoms with Gasteiger partial charge in [-0.1, -0.05) is 26.0 Å². The van der Waals surface area contributed by atoms with Gasteiger partial charge >= 0.3 is 5.97 Å². The quantitative estimate of drug-likeness (QED) is 0.208. The number of allylic oxidation sites excluding steroid dienone is 1. The number of nitrogens with one attached hydrogen (secondary N) is 1. The molecule has 44 heavy (non-hydrogen) atoms. The number of benzene rings is 2. The van der Waals surface area contributed by atoms with Crippen LogP contribution in [-0.4, -0.2) is 59.1 Å². The molecule has 0 radical (unpaired) electrons. The zero-order valence-corrected chi connectivity index (χ0v) is 26.0. The Morgan fingerprint density at radius 1 is 1.11 bits per heavy atom. The first kappa shape index (κ1) is 29.2. The molecule has 0 aliphatic carbocycles. The van der Waals surface area contributed by atoms with Crippen LogP contribution < -0.4 is 15.5 Å². The number of fused-ring (bicyclic) bond motifs is 8. The topological polar surface area (TPSA) is 123 Å². The molecule has 0 spiro atoms. The molecule has 11 heteroatoms. The number of amides is 1. The lowest BCUT2D eigenvalue weighted by Crippen LogP contribution is -2.47. The third kappa shape index (κ3) is 4.52. The third-order valence-electron chi connectivity index (χ3n) is 9.75. The molecule has 2 aromatic rings. The van der Waals surface area contributed by atoms with Crippen LogP contribution in [0.5, 0.6) is 0 Å². The highest BCUT2D eigenvalue weighted by Gasteiger charge is 2.54. The molecule has 2 aromatic carbocycles. The number of carbonyl (C=O) groups excluding carboxylic acids is 1. The predicted molar refractivity (Wildman–Crippen MR) is 161 cm³/mol. The fraction of sp³-hybridized carbons (Fsp3) is 0.424. The SMILES string of the molecule is CC1(C)C2=C3C=C4C5=[N+](CCC4OC3CCN2c2ccc(CC(=O)NCC(=O)O)cc21)c1ccc(SOO[O-])cc1C5(C)C. The van der Waals surface area contributed by atoms with Crippen LogP contribution in [0.4, 0.5) is 11.4 Å². The molecule has 0 saturated heterocycles. The monoisotopic (exact) mass is 617 g/mol. The largest absolute Gasteiger partial charge is 0.691 e. The Morgan fingerprint density at radius 3 is 2.70 bits per heavy atom. The van der Waals surface area contributed by atoms with Crippen molar-refractivity contribution in [2.75, 3.05) is 24.5 Å². The van der Waals surface area contributed by atoms with Crippen molar-refractivity contribution in [1.29, 1.82) is 0 Å². The van der Waals surface area contributed by atoms with E-state index >= 15 is 0 Å². The second-order valence-electron chi connectivity index (χ2n) is 13.1. The van der Waals surface area contributed by atoms with Crippen LogP contribution in [0.3, 0.4) is 0 Å². The summed E-state index contributed by atoms with van der Waals surface area (Å²) >= 11 is 0.909. The predicted octanol–water partition coefficient (Wildman–Crippen LogP) is 3.59. The first-order valence-corrected chi connectivity index (χ1v) is 15.7. The molecule has 2 unspecified atom stereocenters. The Hall–Kier alpha value is -3.48. The molecular weight excluding hydrogens is 582 g/mol. The maximum Gasteiger partial charge on any atom is 0.322 e. The standard InChI is InChI=1S/C33H35N3O7S/c1-32(2)22-13-18(14-28(37)34-17-29(38)39)5-7-24(22)35-11-9-26-20(30(32)35)16-21-27(41-26)10-12-36-25-8-6-19(44-43-42-40)15-23(25)33(3,4)31(21)36/h5-8,13,15-16,26-27H,9-12,14,17H2,1-4H3,(H2-,34,37,38,39,40). The number of ether oxygens (including phenoxy) is 1. The van der Waals surface area contributed by atoms with Gasteiger partial charge in [-0.25, -0.2) is 0 Å². The van der Waals surface area contributed by atoms with Crippen molar-refractivity contribution in [3.63, 3.8) is 0 Å². The van der Waals surface area contributed by atoms with Crippen LogP contribution in [0.25, 0.3) is 0 Å². The number of rotatable bonds is 7. The molecule has 5 aliphatic rings. The second kappa shape index (κ2) is 10.6. The molecule has 1 amide bonds. The van der Waals surface area contributed by atoms with Crippen LogP contribution in [0, 0.1) is 0 Å². The summed E-state index contributed by atoms with van der Waals surface area (Å²) in [4.78, 5) is 26.5. The first-order chi connectivity index (χ1) is 21.0. The molecule has 2 N–H and O–H groups in total. The molecule has 10 nitrogen and oxygen atoms in total. The summed E-state index contributed by atoms with van der Waals surface area (Å²) in [5.74, 6) is -1.37. The fourth-order valence-corrected chi connectivity index (χ4v) is 8.35. The smallest absolute Gasteiger partial charge is 0.322 e. The lowest BCUT2D eigenvalue weighted by atomic mass is 9.74. The minimum absolute atomic E-state index is 0.0103. The highest BCUT2D eigenvalue weighted by atomic mass is 32.2. The van der Waals surface area contributed by atoms with Crippen molar-refractivity contribution >= 4 is 41.0 Å². The van der Waals surface area contributed by atoms with Gasteiger partial charge in [0.05, 0.1) is 36.1 Å². The Morgan fingerprint density at radius 2 is 1.93 bits per heavy atom. The van der Waals surface area contributed by atoms with Gasteiger partial charge < -0.3 is 25.3 Å². The van der Waals surface area contributed by atoms with E-state index in [2.05, 4.69) is 82.2 Å². The Labute approximate surface area is 260 Å². The highest BCUT2D eigenvalue weighted by Crippen LogP contribution is 2.54. The number of hydrogen-bond donors (Lipinski definition) is 2. The minimum Gasteiger partial charge on any atom is -0.691 e. The number of carboxylic acids is 1. The summed E-state index contributed by atoms with van der Waals surface area (Å²) in [6, 6.07) is 12.3. The van der Waals surface area contributed by atoms with Crippen molar-refractivity contribution < 1.29 is 38.6 Å². The number of aliphatic carboxylic acids is 1. The van der Waals surface area contributed by atoms with Gasteiger partial charge in [-0.2, -0.15) is 8.91 Å². The van der Waals surface area contributed by atoms with Crippen LogP contribution in [0.1, 0.15) is 57.2 Å². The lowest BCUT2D eigenvalue weighted by molar-refractivity contribution is -0.777. The first-order valence-electron chi connectivity index (χ1n) is 14.9. The van der Waals surface area contributed by atoms with E-state index in [1.165, 1.54) is 28.1 Å². The van der Waals surface area contributed by atoms with E-state index in [9.17, 15) is 14.8 Å². The maximum atomic E-state index is 12.4. The van der Waals surface area contributed by atoms with E-state index in [0.29, 0.717) is 0 Å². The molecule has 0 aromatic heterocycles. The van der Waals surface area contributed by atoms with Crippen molar-refractivity contribution in [2.24, 2.45) is 0 Å². The van der Waals surface area contributed by atoms with Crippen molar-refractivity contribution in [3.8, 4) is 0 Å². The summed E-state index contributed by atoms with van der Waals surface area (Å²) in [5.41, 5.74) is 9.78. The van der Waals surface area contributed by atoms with Gasteiger partial charge in [0.1, 0.15) is 6.54 Å². The van der Waals surface area contributed by atoms with Crippen molar-refractivity contribution in [3.05, 3.63) is 76.0 Å². The van der Waals surface area contributed by atoms with E-state index in [1.54, 1.807) is 0 Å². The maximum absolute atomic E-state index is 12.4. The molecular formula is C33H35N3O7S. The van der Waals surface area contributed by atoms with E-state index in [0.717, 1.165) is 65.4 Å². The molecule has 0 fully saturated rings. The van der Waals surface area contributed by atoms with Gasteiger partial charge in [-0.05, 0) is 55.7 Å². The second-order valence-corrected chi connectivity index (χ2v) is 13.9. The van der Waals surface area contributed by atoms with Gasteiger partial charge in [0, 0.05) is 57.4 Å². The summed E-state index contributed by atoms with van der Waals surface area (Å²) < 4.78 is 13.9. The Bertz CT molecular complexity index is 1690. The van der Waals surface area contributed by atoms with E-state index in [-0.39, 0.29) is 41.9 Å². The number of nitrogens with zero attached hydrogens (tertiary/aromatic N) is 2. The van der Waals surface area contributed by atoms with Gasteiger partial charge in [0.25, 0.3) is 0 Å². The van der Waals surface area contributed by atoms with E-state index in [4.69, 9.17) is 9.84 Å². The summed E-state index contributed by atoms with van der Waals surface area (Å²) in [6.45, 7) is 10.3. The van der Waals surface area contributed by atoms with Crippen LogP contribution in [0.15, 0.2) is 64.2 Å². The van der Waals surface area contributed by atoms with Crippen LogP contribution >= 0.6 is 12.0 Å². The van der Waals surface area contributed by atoms with Gasteiger partial charge in [-0.15, -0.1) is 0 Å². The third-order valence-corrected chi connectivity index (χ3v) is 10.3. The Kier molecular flexibility index (Phi) is 7.02. The molecule has 2 atom stereocenters. The Balaban J connectivity index is 1.27. The number of anilines is 1. The van der Waals surface area contributed by atoms with Crippen LogP contribution in [0.2, 0.25) is 0 Å². The highest BCUT2D eigenvalue weighted by molar-refractivity contribution is 7.94. The number of hydrogen-bond acceptors (Lipinski definition) is 8. The average Bonchev–Trinajstić information content (AvgIpc) is 3.37. The average molecular weight is 618 g/mol. The number of carboxylic acid groups (broad SMARTS) is 1. The van der Waals surface area contributed by atoms with E-state index in [1.807, 2.05) is 12.1 Å². The summed E-state index contributed by atoms with van der Waals surface area (Å²) in [5, 5.41) is 25.4. The molecule has 0 bridgehead atoms. The van der Waals surface area contributed by atoms with Crippen LogP contribution in [-0.2, 0) is 40.9 Å². The molecule has 5 heterocycles. The van der Waals surface area contributed by atoms with E-state index < -0.39 is 5.97 Å². The van der Waals surface area contributed by atoms with Gasteiger partial charge in [-0.3, -0.25) is 14.6 Å². The molecule has 0 saturated carbocycles. The van der Waals surface area contributed by atoms with Gasteiger partial charge in [0.15, 0.2) is 12.3 Å². The minimum atomic E-state index is -1.06. The summed E-state index contributed by atoms with van der Waals surface area (Å²) in [6.07, 6.45) is 4.33. The zero-order chi connectivity index (χ0) is 31.0. The molecule has 5 aliphatic heterocycles. The zero-order valence-electron chi connectivity index (χ0n) is 25.1. The number of carbonyl (C=O) groups is 2. The van der Waals surface area contributed by atoms with Crippen molar-refractivity contribution in [1.82, 2.24) is 5.32 Å². The molecule has 230 valence electrons. The lowest BCUT2D eigenvalue weighted by Gasteiger charge is -2.42. The normalized spacial score (nSPS) is 23.7. The fourth-order valence-electron chi connectivity index (χ4n) is 7.96.